The second-order valence-corrected chi connectivity index (χ2v) is 4.90. The zero-order valence-corrected chi connectivity index (χ0v) is 11.3. The van der Waals surface area contributed by atoms with Crippen LogP contribution in [-0.4, -0.2) is 23.7 Å². The maximum absolute atomic E-state index is 11.5. The Bertz CT molecular complexity index is 429. The van der Waals surface area contributed by atoms with E-state index in [1.807, 2.05) is 31.2 Å². The minimum Gasteiger partial charge on any atom is -0.493 e. The number of hydrogen-bond donors (Lipinski definition) is 2. The van der Waals surface area contributed by atoms with Gasteiger partial charge in [-0.1, -0.05) is 25.1 Å². The van der Waals surface area contributed by atoms with Crippen LogP contribution in [-0.2, 0) is 4.79 Å². The molecule has 1 amide bonds. The number of ether oxygens (including phenoxy) is 1. The van der Waals surface area contributed by atoms with Crippen LogP contribution in [0, 0.1) is 0 Å². The van der Waals surface area contributed by atoms with Crippen molar-refractivity contribution in [2.75, 3.05) is 6.61 Å². The van der Waals surface area contributed by atoms with Crippen molar-refractivity contribution < 1.29 is 14.6 Å². The lowest BCUT2D eigenvalue weighted by Crippen LogP contribution is -2.26. The number of aliphatic hydroxyl groups is 1. The van der Waals surface area contributed by atoms with E-state index < -0.39 is 6.10 Å². The Morgan fingerprint density at radius 3 is 2.89 bits per heavy atom. The molecule has 1 aliphatic carbocycles. The first-order valence-electron chi connectivity index (χ1n) is 6.90. The van der Waals surface area contributed by atoms with Gasteiger partial charge in [-0.25, -0.2) is 0 Å². The van der Waals surface area contributed by atoms with Gasteiger partial charge in [0.05, 0.1) is 19.1 Å². The SMILES string of the molecule is CC[C@H](O)c1ccccc1OCCC(=O)NC1CC1. The quantitative estimate of drug-likeness (QED) is 0.792. The first kappa shape index (κ1) is 13.9. The molecule has 0 aliphatic heterocycles. The Hall–Kier alpha value is -1.55. The molecule has 0 radical (unpaired) electrons. The number of para-hydroxylation sites is 1. The van der Waals surface area contributed by atoms with E-state index in [0.717, 1.165) is 18.4 Å². The summed E-state index contributed by atoms with van der Waals surface area (Å²) in [5.41, 5.74) is 0.785. The van der Waals surface area contributed by atoms with E-state index in [2.05, 4.69) is 5.32 Å². The third-order valence-corrected chi connectivity index (χ3v) is 3.19. The molecule has 1 aliphatic rings. The lowest BCUT2D eigenvalue weighted by atomic mass is 10.1. The summed E-state index contributed by atoms with van der Waals surface area (Å²) in [5, 5.41) is 12.8. The molecule has 1 aromatic carbocycles. The molecule has 19 heavy (non-hydrogen) atoms. The van der Waals surface area contributed by atoms with Gasteiger partial charge in [-0.05, 0) is 25.3 Å². The van der Waals surface area contributed by atoms with Crippen molar-refractivity contribution >= 4 is 5.91 Å². The molecule has 0 aromatic heterocycles. The number of amides is 1. The molecule has 1 fully saturated rings. The van der Waals surface area contributed by atoms with Gasteiger partial charge in [-0.2, -0.15) is 0 Å². The van der Waals surface area contributed by atoms with Gasteiger partial charge >= 0.3 is 0 Å². The van der Waals surface area contributed by atoms with Crippen LogP contribution >= 0.6 is 0 Å². The smallest absolute Gasteiger partial charge is 0.223 e. The van der Waals surface area contributed by atoms with E-state index in [9.17, 15) is 9.90 Å². The average molecular weight is 263 g/mol. The molecular formula is C15H21NO3. The molecule has 4 nitrogen and oxygen atoms in total. The molecule has 0 unspecified atom stereocenters. The van der Waals surface area contributed by atoms with Crippen molar-refractivity contribution in [3.05, 3.63) is 29.8 Å². The highest BCUT2D eigenvalue weighted by molar-refractivity contribution is 5.76. The third kappa shape index (κ3) is 4.24. The largest absolute Gasteiger partial charge is 0.493 e. The number of hydrogen-bond acceptors (Lipinski definition) is 3. The molecule has 104 valence electrons. The van der Waals surface area contributed by atoms with Crippen LogP contribution in [0.4, 0.5) is 0 Å². The van der Waals surface area contributed by atoms with Crippen LogP contribution in [0.2, 0.25) is 0 Å². The average Bonchev–Trinajstić information content (AvgIpc) is 3.22. The Balaban J connectivity index is 1.82. The highest BCUT2D eigenvalue weighted by Gasteiger charge is 2.22. The van der Waals surface area contributed by atoms with E-state index in [1.54, 1.807) is 0 Å². The fraction of sp³-hybridized carbons (Fsp3) is 0.533. The molecule has 1 aromatic rings. The lowest BCUT2D eigenvalue weighted by molar-refractivity contribution is -0.121. The van der Waals surface area contributed by atoms with Gasteiger partial charge in [0.15, 0.2) is 0 Å². The predicted molar refractivity (Wildman–Crippen MR) is 73.0 cm³/mol. The Morgan fingerprint density at radius 2 is 2.21 bits per heavy atom. The maximum atomic E-state index is 11.5. The summed E-state index contributed by atoms with van der Waals surface area (Å²) in [4.78, 5) is 11.5. The topological polar surface area (TPSA) is 58.6 Å². The van der Waals surface area contributed by atoms with Gasteiger partial charge in [0.2, 0.25) is 5.91 Å². The van der Waals surface area contributed by atoms with Gasteiger partial charge in [-0.3, -0.25) is 4.79 Å². The van der Waals surface area contributed by atoms with Crippen molar-refractivity contribution in [1.82, 2.24) is 5.32 Å². The van der Waals surface area contributed by atoms with E-state index in [1.165, 1.54) is 0 Å². The van der Waals surface area contributed by atoms with E-state index in [4.69, 9.17) is 4.74 Å². The van der Waals surface area contributed by atoms with Crippen molar-refractivity contribution in [2.24, 2.45) is 0 Å². The molecular weight excluding hydrogens is 242 g/mol. The summed E-state index contributed by atoms with van der Waals surface area (Å²) in [7, 11) is 0. The number of carbonyl (C=O) groups excluding carboxylic acids is 1. The minimum atomic E-state index is -0.517. The summed E-state index contributed by atoms with van der Waals surface area (Å²) in [5.74, 6) is 0.701. The summed E-state index contributed by atoms with van der Waals surface area (Å²) < 4.78 is 5.61. The van der Waals surface area contributed by atoms with Crippen LogP contribution in [0.5, 0.6) is 5.75 Å². The highest BCUT2D eigenvalue weighted by Crippen LogP contribution is 2.26. The minimum absolute atomic E-state index is 0.0380. The second kappa shape index (κ2) is 6.57. The maximum Gasteiger partial charge on any atom is 0.223 e. The van der Waals surface area contributed by atoms with Gasteiger partial charge in [0.25, 0.3) is 0 Å². The summed E-state index contributed by atoms with van der Waals surface area (Å²) in [6.45, 7) is 2.26. The van der Waals surface area contributed by atoms with Gasteiger partial charge < -0.3 is 15.2 Å². The first-order chi connectivity index (χ1) is 9.20. The summed E-state index contributed by atoms with van der Waals surface area (Å²) in [6, 6.07) is 7.81. The Labute approximate surface area is 113 Å². The van der Waals surface area contributed by atoms with Crippen LogP contribution < -0.4 is 10.1 Å². The number of nitrogens with one attached hydrogen (secondary N) is 1. The van der Waals surface area contributed by atoms with Gasteiger partial charge in [0, 0.05) is 11.6 Å². The Morgan fingerprint density at radius 1 is 1.47 bits per heavy atom. The van der Waals surface area contributed by atoms with Crippen LogP contribution in [0.25, 0.3) is 0 Å². The normalized spacial score (nSPS) is 15.9. The van der Waals surface area contributed by atoms with Gasteiger partial charge in [-0.15, -0.1) is 0 Å². The van der Waals surface area contributed by atoms with Crippen LogP contribution in [0.3, 0.4) is 0 Å². The predicted octanol–water partition coefficient (Wildman–Crippen LogP) is 2.18. The molecule has 0 heterocycles. The van der Waals surface area contributed by atoms with E-state index >= 15 is 0 Å². The molecule has 1 atom stereocenters. The fourth-order valence-electron chi connectivity index (χ4n) is 1.89. The summed E-state index contributed by atoms with van der Waals surface area (Å²) in [6.07, 6.45) is 2.67. The van der Waals surface area contributed by atoms with Crippen molar-refractivity contribution in [3.8, 4) is 5.75 Å². The molecule has 2 N–H and O–H groups in total. The monoisotopic (exact) mass is 263 g/mol. The Kier molecular flexibility index (Phi) is 4.80. The first-order valence-corrected chi connectivity index (χ1v) is 6.90. The van der Waals surface area contributed by atoms with E-state index in [-0.39, 0.29) is 5.91 Å². The van der Waals surface area contributed by atoms with Crippen LogP contribution in [0.15, 0.2) is 24.3 Å². The molecule has 2 rings (SSSR count). The van der Waals surface area contributed by atoms with Crippen LogP contribution in [0.1, 0.15) is 44.3 Å². The molecule has 4 heteroatoms. The third-order valence-electron chi connectivity index (χ3n) is 3.19. The standard InChI is InChI=1S/C15H21NO3/c1-2-13(17)12-5-3-4-6-14(12)19-10-9-15(18)16-11-7-8-11/h3-6,11,13,17H,2,7-10H2,1H3,(H,16,18)/t13-/m0/s1. The number of aliphatic hydroxyl groups excluding tert-OH is 1. The van der Waals surface area contributed by atoms with Crippen molar-refractivity contribution in [2.45, 2.75) is 44.8 Å². The highest BCUT2D eigenvalue weighted by atomic mass is 16.5. The molecule has 1 saturated carbocycles. The van der Waals surface area contributed by atoms with Crippen molar-refractivity contribution in [1.29, 1.82) is 0 Å². The second-order valence-electron chi connectivity index (χ2n) is 4.90. The van der Waals surface area contributed by atoms with E-state index in [0.29, 0.717) is 31.2 Å². The number of carbonyl (C=O) groups is 1. The zero-order chi connectivity index (χ0) is 13.7. The number of benzene rings is 1. The lowest BCUT2D eigenvalue weighted by Gasteiger charge is -2.14. The fourth-order valence-corrected chi connectivity index (χ4v) is 1.89. The molecule has 0 bridgehead atoms. The zero-order valence-electron chi connectivity index (χ0n) is 11.3. The summed E-state index contributed by atoms with van der Waals surface area (Å²) >= 11 is 0. The van der Waals surface area contributed by atoms with Gasteiger partial charge in [0.1, 0.15) is 5.75 Å². The van der Waals surface area contributed by atoms with Crippen molar-refractivity contribution in [3.63, 3.8) is 0 Å². The number of rotatable bonds is 7. The molecule has 0 spiro atoms. The molecule has 0 saturated heterocycles.